The monoisotopic (exact) mass is 176 g/mol. The van der Waals surface area contributed by atoms with Gasteiger partial charge in [-0.25, -0.2) is 4.98 Å². The first kappa shape index (κ1) is 9.03. The van der Waals surface area contributed by atoms with Crippen LogP contribution in [-0.2, 0) is 6.18 Å². The second kappa shape index (κ2) is 2.77. The Hall–Kier alpha value is -1.06. The van der Waals surface area contributed by atoms with Crippen LogP contribution in [0.3, 0.4) is 0 Å². The highest BCUT2D eigenvalue weighted by Crippen LogP contribution is 2.28. The van der Waals surface area contributed by atoms with E-state index in [4.69, 9.17) is 0 Å². The molecule has 0 aliphatic rings. The predicted molar refractivity (Wildman–Crippen MR) is 37.5 cm³/mol. The van der Waals surface area contributed by atoms with Crippen molar-refractivity contribution < 1.29 is 18.2 Å². The fourth-order valence-corrected chi connectivity index (χ4v) is 1.06. The normalized spacial score (nSPS) is 11.8. The van der Waals surface area contributed by atoms with Gasteiger partial charge in [0.15, 0.2) is 11.4 Å². The van der Waals surface area contributed by atoms with Gasteiger partial charge in [0.2, 0.25) is 0 Å². The van der Waals surface area contributed by atoms with Crippen molar-refractivity contribution in [3.8, 4) is 0 Å². The van der Waals surface area contributed by atoms with E-state index in [1.165, 1.54) is 0 Å². The molecule has 4 heteroatoms. The highest BCUT2D eigenvalue weighted by molar-refractivity contribution is 5.18. The summed E-state index contributed by atoms with van der Waals surface area (Å²) >= 11 is 0. The number of hydrogen-bond acceptors (Lipinski definition) is 0. The SMILES string of the molecule is Cc1cc(C(F)(F)F)cc(C)[nH+]1. The third-order valence-corrected chi connectivity index (χ3v) is 1.47. The average Bonchev–Trinajstić information content (AvgIpc) is 1.82. The fraction of sp³-hybridized carbons (Fsp3) is 0.375. The third kappa shape index (κ3) is 1.96. The molecule has 1 heterocycles. The molecule has 66 valence electrons. The zero-order valence-corrected chi connectivity index (χ0v) is 6.79. The van der Waals surface area contributed by atoms with Crippen LogP contribution >= 0.6 is 0 Å². The maximum absolute atomic E-state index is 12.1. The average molecular weight is 176 g/mol. The molecule has 1 aromatic rings. The number of hydrogen-bond donors (Lipinski definition) is 0. The van der Waals surface area contributed by atoms with Crippen molar-refractivity contribution in [1.29, 1.82) is 0 Å². The Balaban J connectivity index is 3.18. The van der Waals surface area contributed by atoms with Crippen LogP contribution in [0.15, 0.2) is 12.1 Å². The molecule has 0 atom stereocenters. The first-order valence-corrected chi connectivity index (χ1v) is 3.47. The van der Waals surface area contributed by atoms with E-state index in [9.17, 15) is 13.2 Å². The van der Waals surface area contributed by atoms with Crippen molar-refractivity contribution in [2.75, 3.05) is 0 Å². The lowest BCUT2D eigenvalue weighted by atomic mass is 10.2. The molecular formula is C8H9F3N+. The van der Waals surface area contributed by atoms with Crippen molar-refractivity contribution in [3.05, 3.63) is 29.1 Å². The van der Waals surface area contributed by atoms with Crippen LogP contribution in [0.5, 0.6) is 0 Å². The summed E-state index contributed by atoms with van der Waals surface area (Å²) in [4.78, 5) is 2.78. The van der Waals surface area contributed by atoms with Crippen LogP contribution in [0, 0.1) is 13.8 Å². The minimum absolute atomic E-state index is 0.516. The van der Waals surface area contributed by atoms with Gasteiger partial charge in [-0.3, -0.25) is 0 Å². The Labute approximate surface area is 68.2 Å². The van der Waals surface area contributed by atoms with Crippen molar-refractivity contribution in [3.63, 3.8) is 0 Å². The van der Waals surface area contributed by atoms with Crippen LogP contribution in [0.2, 0.25) is 0 Å². The zero-order chi connectivity index (χ0) is 9.35. The molecule has 0 spiro atoms. The largest absolute Gasteiger partial charge is 0.416 e. The van der Waals surface area contributed by atoms with Gasteiger partial charge in [0.25, 0.3) is 0 Å². The maximum Gasteiger partial charge on any atom is 0.416 e. The number of H-pyrrole nitrogens is 1. The van der Waals surface area contributed by atoms with E-state index in [0.717, 1.165) is 12.1 Å². The Morgan fingerprint density at radius 1 is 1.08 bits per heavy atom. The lowest BCUT2D eigenvalue weighted by Crippen LogP contribution is -2.16. The maximum atomic E-state index is 12.1. The Bertz CT molecular complexity index is 271. The van der Waals surface area contributed by atoms with Crippen molar-refractivity contribution >= 4 is 0 Å². The number of pyridine rings is 1. The summed E-state index contributed by atoms with van der Waals surface area (Å²) in [5.74, 6) is 0. The Morgan fingerprint density at radius 3 is 1.83 bits per heavy atom. The number of nitrogens with one attached hydrogen (secondary N) is 1. The van der Waals surface area contributed by atoms with Crippen molar-refractivity contribution in [2.24, 2.45) is 0 Å². The van der Waals surface area contributed by atoms with Gasteiger partial charge in [-0.2, -0.15) is 13.2 Å². The minimum atomic E-state index is -4.25. The van der Waals surface area contributed by atoms with Crippen LogP contribution in [0.25, 0.3) is 0 Å². The lowest BCUT2D eigenvalue weighted by molar-refractivity contribution is -0.397. The minimum Gasteiger partial charge on any atom is -0.213 e. The van der Waals surface area contributed by atoms with E-state index < -0.39 is 11.7 Å². The molecule has 0 saturated heterocycles. The molecule has 0 fully saturated rings. The van der Waals surface area contributed by atoms with Crippen LogP contribution in [-0.4, -0.2) is 0 Å². The molecule has 1 nitrogen and oxygen atoms in total. The van der Waals surface area contributed by atoms with Crippen LogP contribution in [0.4, 0.5) is 13.2 Å². The van der Waals surface area contributed by atoms with Gasteiger partial charge in [-0.05, 0) is 0 Å². The molecule has 1 rings (SSSR count). The van der Waals surface area contributed by atoms with Gasteiger partial charge in [-0.1, -0.05) is 0 Å². The Kier molecular flexibility index (Phi) is 2.08. The molecule has 1 N–H and O–H groups in total. The van der Waals surface area contributed by atoms with E-state index >= 15 is 0 Å². The van der Waals surface area contributed by atoms with Gasteiger partial charge < -0.3 is 0 Å². The number of aryl methyl sites for hydroxylation is 2. The molecule has 0 saturated carbocycles. The summed E-state index contributed by atoms with van der Waals surface area (Å²) in [6.07, 6.45) is -4.25. The number of rotatable bonds is 0. The summed E-state index contributed by atoms with van der Waals surface area (Å²) in [5.41, 5.74) is 0.431. The van der Waals surface area contributed by atoms with Gasteiger partial charge >= 0.3 is 6.18 Å². The molecule has 0 bridgehead atoms. The summed E-state index contributed by atoms with van der Waals surface area (Å²) < 4.78 is 36.4. The second-order valence-electron chi connectivity index (χ2n) is 2.73. The molecular weight excluding hydrogens is 167 g/mol. The number of aromatic amines is 1. The van der Waals surface area contributed by atoms with E-state index in [0.29, 0.717) is 11.4 Å². The summed E-state index contributed by atoms with van der Waals surface area (Å²) in [5, 5.41) is 0. The van der Waals surface area contributed by atoms with E-state index in [1.54, 1.807) is 13.8 Å². The number of alkyl halides is 3. The second-order valence-corrected chi connectivity index (χ2v) is 2.73. The standard InChI is InChI=1S/C8H8F3N/c1-5-3-7(8(9,10)11)4-6(2)12-5/h3-4H,1-2H3/p+1. The van der Waals surface area contributed by atoms with E-state index in [-0.39, 0.29) is 0 Å². The quantitative estimate of drug-likeness (QED) is 0.575. The Morgan fingerprint density at radius 2 is 1.50 bits per heavy atom. The molecule has 0 amide bonds. The van der Waals surface area contributed by atoms with Crippen molar-refractivity contribution in [2.45, 2.75) is 20.0 Å². The molecule has 0 aliphatic heterocycles. The van der Waals surface area contributed by atoms with Gasteiger partial charge in [0.1, 0.15) is 0 Å². The van der Waals surface area contributed by atoms with Gasteiger partial charge in [0, 0.05) is 26.0 Å². The highest BCUT2D eigenvalue weighted by Gasteiger charge is 2.31. The fourth-order valence-electron chi connectivity index (χ4n) is 1.06. The summed E-state index contributed by atoms with van der Waals surface area (Å²) in [6.45, 7) is 3.20. The van der Waals surface area contributed by atoms with Gasteiger partial charge in [-0.15, -0.1) is 0 Å². The summed E-state index contributed by atoms with van der Waals surface area (Å²) in [7, 11) is 0. The molecule has 12 heavy (non-hydrogen) atoms. The first-order valence-electron chi connectivity index (χ1n) is 3.47. The topological polar surface area (TPSA) is 14.1 Å². The first-order chi connectivity index (χ1) is 5.39. The molecule has 0 unspecified atom stereocenters. The zero-order valence-electron chi connectivity index (χ0n) is 6.79. The molecule has 0 aromatic carbocycles. The van der Waals surface area contributed by atoms with Crippen molar-refractivity contribution in [1.82, 2.24) is 0 Å². The highest BCUT2D eigenvalue weighted by atomic mass is 19.4. The predicted octanol–water partition coefficient (Wildman–Crippen LogP) is 2.14. The third-order valence-electron chi connectivity index (χ3n) is 1.47. The van der Waals surface area contributed by atoms with E-state index in [2.05, 4.69) is 4.98 Å². The van der Waals surface area contributed by atoms with Gasteiger partial charge in [0.05, 0.1) is 5.56 Å². The molecule has 1 aromatic heterocycles. The number of aromatic nitrogens is 1. The van der Waals surface area contributed by atoms with Crippen LogP contribution < -0.4 is 4.98 Å². The molecule has 0 radical (unpaired) electrons. The summed E-state index contributed by atoms with van der Waals surface area (Å²) in [6, 6.07) is 2.18. The smallest absolute Gasteiger partial charge is 0.213 e. The van der Waals surface area contributed by atoms with E-state index in [1.807, 2.05) is 0 Å². The number of halogens is 3. The van der Waals surface area contributed by atoms with Crippen LogP contribution in [0.1, 0.15) is 17.0 Å². The molecule has 0 aliphatic carbocycles. The lowest BCUT2D eigenvalue weighted by Gasteiger charge is -2.04.